The van der Waals surface area contributed by atoms with Crippen molar-refractivity contribution in [1.29, 1.82) is 0 Å². The maximum atomic E-state index is 12.2. The maximum absolute atomic E-state index is 12.2. The first-order valence-corrected chi connectivity index (χ1v) is 10.00. The number of hydrogen-bond acceptors (Lipinski definition) is 4. The normalized spacial score (nSPS) is 10.8. The number of benzene rings is 3. The molecule has 2 aromatic heterocycles. The predicted octanol–water partition coefficient (Wildman–Crippen LogP) is 5.49. The molecular formula is C26H19N3O2. The van der Waals surface area contributed by atoms with Crippen molar-refractivity contribution in [3.05, 3.63) is 108 Å². The van der Waals surface area contributed by atoms with Crippen LogP contribution in [0.2, 0.25) is 0 Å². The van der Waals surface area contributed by atoms with Gasteiger partial charge in [0.2, 0.25) is 5.89 Å². The maximum Gasteiger partial charge on any atom is 0.253 e. The molecule has 5 heteroatoms. The molecule has 0 radical (unpaired) electrons. The molecule has 0 saturated heterocycles. The van der Waals surface area contributed by atoms with Gasteiger partial charge in [0.15, 0.2) is 5.58 Å². The van der Waals surface area contributed by atoms with Crippen LogP contribution in [0.4, 0.5) is 0 Å². The zero-order valence-corrected chi connectivity index (χ0v) is 16.7. The SMILES string of the molecule is O=C(NCc1ccc(-c2nc3cc(-c4ccccc4)ccc3o2)cc1)c1cccnc1. The summed E-state index contributed by atoms with van der Waals surface area (Å²) < 4.78 is 5.95. The van der Waals surface area contributed by atoms with E-state index in [9.17, 15) is 4.79 Å². The molecule has 0 bridgehead atoms. The molecule has 0 fully saturated rings. The molecule has 150 valence electrons. The fraction of sp³-hybridized carbons (Fsp3) is 0.0385. The molecule has 0 atom stereocenters. The number of fused-ring (bicyclic) bond motifs is 1. The Hall–Kier alpha value is -4.25. The largest absolute Gasteiger partial charge is 0.436 e. The minimum absolute atomic E-state index is 0.148. The Balaban J connectivity index is 1.31. The standard InChI is InChI=1S/C26H19N3O2/c30-25(22-7-4-14-27-17-22)28-16-18-8-10-20(11-9-18)26-29-23-15-21(12-13-24(23)31-26)19-5-2-1-3-6-19/h1-15,17H,16H2,(H,28,30). The summed E-state index contributed by atoms with van der Waals surface area (Å²) in [5, 5.41) is 2.90. The van der Waals surface area contributed by atoms with Gasteiger partial charge in [-0.25, -0.2) is 4.98 Å². The van der Waals surface area contributed by atoms with Crippen molar-refractivity contribution in [3.63, 3.8) is 0 Å². The van der Waals surface area contributed by atoms with Crippen molar-refractivity contribution in [2.75, 3.05) is 0 Å². The van der Waals surface area contributed by atoms with Crippen molar-refractivity contribution in [2.24, 2.45) is 0 Å². The van der Waals surface area contributed by atoms with Gasteiger partial charge in [0.1, 0.15) is 5.52 Å². The zero-order valence-electron chi connectivity index (χ0n) is 16.7. The van der Waals surface area contributed by atoms with E-state index >= 15 is 0 Å². The molecule has 0 aliphatic heterocycles. The molecule has 0 aliphatic rings. The Morgan fingerprint density at radius 2 is 1.65 bits per heavy atom. The van der Waals surface area contributed by atoms with E-state index in [4.69, 9.17) is 4.42 Å². The molecule has 2 heterocycles. The van der Waals surface area contributed by atoms with Crippen LogP contribution in [0, 0.1) is 0 Å². The molecule has 0 unspecified atom stereocenters. The van der Waals surface area contributed by atoms with Crippen molar-refractivity contribution >= 4 is 17.0 Å². The number of hydrogen-bond donors (Lipinski definition) is 1. The van der Waals surface area contributed by atoms with Crippen molar-refractivity contribution < 1.29 is 9.21 Å². The average molecular weight is 405 g/mol. The molecule has 1 amide bonds. The first-order chi connectivity index (χ1) is 15.3. The highest BCUT2D eigenvalue weighted by molar-refractivity contribution is 5.93. The van der Waals surface area contributed by atoms with Crippen LogP contribution in [0.3, 0.4) is 0 Å². The zero-order chi connectivity index (χ0) is 21.0. The molecular weight excluding hydrogens is 386 g/mol. The van der Waals surface area contributed by atoms with E-state index in [1.807, 2.05) is 60.7 Å². The molecule has 5 rings (SSSR count). The van der Waals surface area contributed by atoms with Gasteiger partial charge in [-0.2, -0.15) is 0 Å². The molecule has 5 nitrogen and oxygen atoms in total. The summed E-state index contributed by atoms with van der Waals surface area (Å²) in [5.41, 5.74) is 6.25. The number of nitrogens with one attached hydrogen (secondary N) is 1. The van der Waals surface area contributed by atoms with Gasteiger partial charge in [0.05, 0.1) is 5.56 Å². The second kappa shape index (κ2) is 8.24. The van der Waals surface area contributed by atoms with Crippen molar-refractivity contribution in [2.45, 2.75) is 6.54 Å². The van der Waals surface area contributed by atoms with Gasteiger partial charge in [0, 0.05) is 24.5 Å². The minimum atomic E-state index is -0.148. The van der Waals surface area contributed by atoms with Gasteiger partial charge < -0.3 is 9.73 Å². The second-order valence-corrected chi connectivity index (χ2v) is 7.19. The quantitative estimate of drug-likeness (QED) is 0.420. The summed E-state index contributed by atoms with van der Waals surface area (Å²) in [6, 6.07) is 27.6. The van der Waals surface area contributed by atoms with Crippen LogP contribution in [-0.2, 0) is 6.54 Å². The van der Waals surface area contributed by atoms with E-state index < -0.39 is 0 Å². The molecule has 0 aliphatic carbocycles. The first kappa shape index (κ1) is 18.8. The molecule has 0 spiro atoms. The van der Waals surface area contributed by atoms with Crippen LogP contribution in [0.5, 0.6) is 0 Å². The van der Waals surface area contributed by atoms with Crippen LogP contribution in [0.25, 0.3) is 33.7 Å². The number of carbonyl (C=O) groups is 1. The van der Waals surface area contributed by atoms with Crippen LogP contribution < -0.4 is 5.32 Å². The van der Waals surface area contributed by atoms with Crippen LogP contribution >= 0.6 is 0 Å². The summed E-state index contributed by atoms with van der Waals surface area (Å²) in [5.74, 6) is 0.427. The first-order valence-electron chi connectivity index (χ1n) is 10.00. The van der Waals surface area contributed by atoms with E-state index in [0.29, 0.717) is 18.0 Å². The number of amides is 1. The topological polar surface area (TPSA) is 68.0 Å². The van der Waals surface area contributed by atoms with Gasteiger partial charge in [-0.15, -0.1) is 0 Å². The Bertz CT molecular complexity index is 1330. The average Bonchev–Trinajstić information content (AvgIpc) is 3.27. The summed E-state index contributed by atoms with van der Waals surface area (Å²) >= 11 is 0. The van der Waals surface area contributed by atoms with Crippen LogP contribution in [-0.4, -0.2) is 15.9 Å². The van der Waals surface area contributed by atoms with E-state index in [1.165, 1.54) is 0 Å². The van der Waals surface area contributed by atoms with Gasteiger partial charge >= 0.3 is 0 Å². The third-order valence-corrected chi connectivity index (χ3v) is 5.07. The van der Waals surface area contributed by atoms with Crippen molar-refractivity contribution in [1.82, 2.24) is 15.3 Å². The molecule has 31 heavy (non-hydrogen) atoms. The number of aromatic nitrogens is 2. The smallest absolute Gasteiger partial charge is 0.253 e. The van der Waals surface area contributed by atoms with Gasteiger partial charge in [-0.3, -0.25) is 9.78 Å². The number of pyridine rings is 1. The highest BCUT2D eigenvalue weighted by Gasteiger charge is 2.10. The Morgan fingerprint density at radius 1 is 0.839 bits per heavy atom. The van der Waals surface area contributed by atoms with E-state index in [1.54, 1.807) is 24.5 Å². The van der Waals surface area contributed by atoms with E-state index in [0.717, 1.165) is 33.4 Å². The molecule has 1 N–H and O–H groups in total. The Morgan fingerprint density at radius 3 is 2.42 bits per heavy atom. The monoisotopic (exact) mass is 405 g/mol. The predicted molar refractivity (Wildman–Crippen MR) is 120 cm³/mol. The number of nitrogens with zero attached hydrogens (tertiary/aromatic N) is 2. The van der Waals surface area contributed by atoms with Crippen LogP contribution in [0.1, 0.15) is 15.9 Å². The Labute approximate surface area is 179 Å². The lowest BCUT2D eigenvalue weighted by Gasteiger charge is -2.05. The van der Waals surface area contributed by atoms with Gasteiger partial charge in [-0.05, 0) is 53.1 Å². The lowest BCUT2D eigenvalue weighted by atomic mass is 10.1. The lowest BCUT2D eigenvalue weighted by molar-refractivity contribution is 0.0950. The fourth-order valence-electron chi connectivity index (χ4n) is 3.41. The van der Waals surface area contributed by atoms with Crippen molar-refractivity contribution in [3.8, 4) is 22.6 Å². The third kappa shape index (κ3) is 4.07. The highest BCUT2D eigenvalue weighted by atomic mass is 16.3. The van der Waals surface area contributed by atoms with E-state index in [2.05, 4.69) is 27.4 Å². The summed E-state index contributed by atoms with van der Waals surface area (Å²) in [6.07, 6.45) is 3.19. The number of rotatable bonds is 5. The van der Waals surface area contributed by atoms with Crippen LogP contribution in [0.15, 0.2) is 102 Å². The summed E-state index contributed by atoms with van der Waals surface area (Å²) in [7, 11) is 0. The third-order valence-electron chi connectivity index (χ3n) is 5.07. The Kier molecular flexibility index (Phi) is 4.99. The summed E-state index contributed by atoms with van der Waals surface area (Å²) in [4.78, 5) is 20.8. The fourth-order valence-corrected chi connectivity index (χ4v) is 3.41. The number of oxazole rings is 1. The number of carbonyl (C=O) groups excluding carboxylic acids is 1. The highest BCUT2D eigenvalue weighted by Crippen LogP contribution is 2.28. The molecule has 5 aromatic rings. The minimum Gasteiger partial charge on any atom is -0.436 e. The van der Waals surface area contributed by atoms with Gasteiger partial charge in [-0.1, -0.05) is 48.5 Å². The van der Waals surface area contributed by atoms with E-state index in [-0.39, 0.29) is 5.91 Å². The molecule has 0 saturated carbocycles. The second-order valence-electron chi connectivity index (χ2n) is 7.19. The molecule has 3 aromatic carbocycles. The summed E-state index contributed by atoms with van der Waals surface area (Å²) in [6.45, 7) is 0.433. The lowest BCUT2D eigenvalue weighted by Crippen LogP contribution is -2.22. The van der Waals surface area contributed by atoms with Gasteiger partial charge in [0.25, 0.3) is 5.91 Å².